The van der Waals surface area contributed by atoms with Gasteiger partial charge < -0.3 is 9.47 Å². The third-order valence-electron chi connectivity index (χ3n) is 6.68. The highest BCUT2D eigenvalue weighted by molar-refractivity contribution is 9.11. The predicted molar refractivity (Wildman–Crippen MR) is 162 cm³/mol. The Hall–Kier alpha value is -2.49. The second kappa shape index (κ2) is 12.1. The molecule has 1 aliphatic carbocycles. The standard InChI is InChI=1S/C29H26Br3N3O3/c1-37-26-15-23(32)13-20(27(26)38-17-18-7-9-21(30)10-8-18)16-33-35-28(19-5-3-2-4-6-19)34-25-12-11-22(31)14-24(25)29(35)36/h7-16,19H,2-6,17H2,1H3. The average Bonchev–Trinajstić information content (AvgIpc) is 2.93. The van der Waals surface area contributed by atoms with E-state index in [1.54, 1.807) is 19.4 Å². The summed E-state index contributed by atoms with van der Waals surface area (Å²) in [6, 6.07) is 17.3. The third kappa shape index (κ3) is 6.05. The number of nitrogens with zero attached hydrogens (tertiary/aromatic N) is 3. The van der Waals surface area contributed by atoms with Gasteiger partial charge in [0, 0.05) is 24.9 Å². The molecular formula is C29H26Br3N3O3. The molecule has 0 aliphatic heterocycles. The van der Waals surface area contributed by atoms with Crippen LogP contribution in [-0.4, -0.2) is 23.0 Å². The molecule has 38 heavy (non-hydrogen) atoms. The van der Waals surface area contributed by atoms with Crippen LogP contribution in [0.15, 0.2) is 77.9 Å². The number of benzene rings is 3. The number of hydrogen-bond acceptors (Lipinski definition) is 5. The molecule has 1 saturated carbocycles. The molecule has 9 heteroatoms. The zero-order valence-corrected chi connectivity index (χ0v) is 25.6. The number of methoxy groups -OCH3 is 1. The molecule has 0 saturated heterocycles. The fraction of sp³-hybridized carbons (Fsp3) is 0.276. The minimum atomic E-state index is -0.188. The summed E-state index contributed by atoms with van der Waals surface area (Å²) in [7, 11) is 1.60. The zero-order chi connectivity index (χ0) is 26.6. The van der Waals surface area contributed by atoms with Crippen LogP contribution in [-0.2, 0) is 6.61 Å². The Morgan fingerprint density at radius 1 is 0.974 bits per heavy atom. The molecule has 5 rings (SSSR count). The van der Waals surface area contributed by atoms with Crippen molar-refractivity contribution in [2.75, 3.05) is 7.11 Å². The van der Waals surface area contributed by atoms with Gasteiger partial charge in [-0.05, 0) is 60.9 Å². The Balaban J connectivity index is 1.58. The molecule has 0 spiro atoms. The summed E-state index contributed by atoms with van der Waals surface area (Å²) in [5, 5.41) is 5.24. The van der Waals surface area contributed by atoms with Crippen LogP contribution >= 0.6 is 47.8 Å². The molecule has 0 N–H and O–H groups in total. The fourth-order valence-electron chi connectivity index (χ4n) is 4.75. The van der Waals surface area contributed by atoms with Crippen molar-refractivity contribution in [2.45, 2.75) is 44.6 Å². The minimum Gasteiger partial charge on any atom is -0.493 e. The van der Waals surface area contributed by atoms with Crippen molar-refractivity contribution in [3.05, 3.63) is 95.3 Å². The molecule has 4 aromatic rings. The van der Waals surface area contributed by atoms with Crippen molar-refractivity contribution in [2.24, 2.45) is 5.10 Å². The van der Waals surface area contributed by atoms with E-state index in [9.17, 15) is 4.79 Å². The summed E-state index contributed by atoms with van der Waals surface area (Å²) in [4.78, 5) is 18.6. The van der Waals surface area contributed by atoms with Gasteiger partial charge in [0.15, 0.2) is 11.5 Å². The van der Waals surface area contributed by atoms with E-state index in [-0.39, 0.29) is 11.5 Å². The highest BCUT2D eigenvalue weighted by atomic mass is 79.9. The maximum atomic E-state index is 13.7. The number of halogens is 3. The summed E-state index contributed by atoms with van der Waals surface area (Å²) in [6.45, 7) is 0.352. The van der Waals surface area contributed by atoms with Gasteiger partial charge in [-0.3, -0.25) is 4.79 Å². The second-order valence-electron chi connectivity index (χ2n) is 9.27. The Morgan fingerprint density at radius 3 is 2.45 bits per heavy atom. The lowest BCUT2D eigenvalue weighted by Crippen LogP contribution is -2.25. The molecule has 0 atom stereocenters. The smallest absolute Gasteiger partial charge is 0.282 e. The zero-order valence-electron chi connectivity index (χ0n) is 20.8. The molecule has 6 nitrogen and oxygen atoms in total. The molecule has 1 aromatic heterocycles. The Kier molecular flexibility index (Phi) is 8.65. The topological polar surface area (TPSA) is 65.7 Å². The molecule has 196 valence electrons. The van der Waals surface area contributed by atoms with Crippen molar-refractivity contribution >= 4 is 64.9 Å². The first-order chi connectivity index (χ1) is 18.4. The molecule has 0 amide bonds. The lowest BCUT2D eigenvalue weighted by atomic mass is 9.88. The highest BCUT2D eigenvalue weighted by Crippen LogP contribution is 2.35. The fourth-order valence-corrected chi connectivity index (χ4v) is 5.83. The van der Waals surface area contributed by atoms with E-state index in [1.165, 1.54) is 11.1 Å². The molecule has 3 aromatic carbocycles. The summed E-state index contributed by atoms with van der Waals surface area (Å²) in [5.41, 5.74) is 2.20. The maximum absolute atomic E-state index is 13.7. The van der Waals surface area contributed by atoms with E-state index in [4.69, 9.17) is 19.6 Å². The molecule has 1 fully saturated rings. The van der Waals surface area contributed by atoms with E-state index in [0.717, 1.165) is 44.7 Å². The van der Waals surface area contributed by atoms with Crippen LogP contribution in [0.1, 0.15) is 55.0 Å². The summed E-state index contributed by atoms with van der Waals surface area (Å²) < 4.78 is 16.0. The number of rotatable bonds is 7. The van der Waals surface area contributed by atoms with Crippen molar-refractivity contribution in [3.63, 3.8) is 0 Å². The first kappa shape index (κ1) is 27.1. The van der Waals surface area contributed by atoms with Gasteiger partial charge in [0.2, 0.25) is 0 Å². The van der Waals surface area contributed by atoms with Crippen LogP contribution < -0.4 is 15.0 Å². The van der Waals surface area contributed by atoms with Crippen LogP contribution in [0.2, 0.25) is 0 Å². The summed E-state index contributed by atoms with van der Waals surface area (Å²) >= 11 is 10.5. The molecular weight excluding hydrogens is 678 g/mol. The third-order valence-corrected chi connectivity index (χ3v) is 8.16. The van der Waals surface area contributed by atoms with Gasteiger partial charge in [-0.15, -0.1) is 0 Å². The summed E-state index contributed by atoms with van der Waals surface area (Å²) in [6.07, 6.45) is 7.11. The predicted octanol–water partition coefficient (Wildman–Crippen LogP) is 8.20. The molecule has 1 heterocycles. The van der Waals surface area contributed by atoms with Gasteiger partial charge in [0.05, 0.1) is 24.2 Å². The van der Waals surface area contributed by atoms with Gasteiger partial charge in [0.25, 0.3) is 5.56 Å². The van der Waals surface area contributed by atoms with E-state index in [2.05, 4.69) is 47.8 Å². The average molecular weight is 704 g/mol. The van der Waals surface area contributed by atoms with E-state index >= 15 is 0 Å². The number of hydrogen-bond donors (Lipinski definition) is 0. The summed E-state index contributed by atoms with van der Waals surface area (Å²) in [5.74, 6) is 2.01. The SMILES string of the molecule is COc1cc(Br)cc(C=Nn2c(C3CCCCC3)nc3ccc(Br)cc3c2=O)c1OCc1ccc(Br)cc1. The minimum absolute atomic E-state index is 0.187. The van der Waals surface area contributed by atoms with Gasteiger partial charge in [-0.2, -0.15) is 9.78 Å². The van der Waals surface area contributed by atoms with Crippen LogP contribution in [0.5, 0.6) is 11.5 Å². The van der Waals surface area contributed by atoms with Gasteiger partial charge >= 0.3 is 0 Å². The van der Waals surface area contributed by atoms with Crippen LogP contribution in [0, 0.1) is 0 Å². The van der Waals surface area contributed by atoms with Crippen LogP contribution in [0.3, 0.4) is 0 Å². The maximum Gasteiger partial charge on any atom is 0.282 e. The van der Waals surface area contributed by atoms with Crippen molar-refractivity contribution in [1.82, 2.24) is 9.66 Å². The normalized spacial score (nSPS) is 14.3. The lowest BCUT2D eigenvalue weighted by molar-refractivity contribution is 0.284. The van der Waals surface area contributed by atoms with Gasteiger partial charge in [-0.25, -0.2) is 4.98 Å². The molecule has 0 radical (unpaired) electrons. The molecule has 0 unspecified atom stereocenters. The number of ether oxygens (including phenoxy) is 2. The number of aromatic nitrogens is 2. The second-order valence-corrected chi connectivity index (χ2v) is 12.0. The van der Waals surface area contributed by atoms with Crippen LogP contribution in [0.4, 0.5) is 0 Å². The van der Waals surface area contributed by atoms with Crippen molar-refractivity contribution < 1.29 is 9.47 Å². The quantitative estimate of drug-likeness (QED) is 0.182. The largest absolute Gasteiger partial charge is 0.493 e. The molecule has 0 bridgehead atoms. The van der Waals surface area contributed by atoms with Gasteiger partial charge in [-0.1, -0.05) is 79.2 Å². The highest BCUT2D eigenvalue weighted by Gasteiger charge is 2.23. The Labute approximate surface area is 246 Å². The molecule has 1 aliphatic rings. The van der Waals surface area contributed by atoms with Crippen molar-refractivity contribution in [1.29, 1.82) is 0 Å². The first-order valence-electron chi connectivity index (χ1n) is 12.4. The van der Waals surface area contributed by atoms with E-state index in [1.807, 2.05) is 48.5 Å². The Bertz CT molecular complexity index is 1550. The first-order valence-corrected chi connectivity index (χ1v) is 14.8. The van der Waals surface area contributed by atoms with Crippen LogP contribution in [0.25, 0.3) is 10.9 Å². The Morgan fingerprint density at radius 2 is 1.71 bits per heavy atom. The van der Waals surface area contributed by atoms with Crippen molar-refractivity contribution in [3.8, 4) is 11.5 Å². The van der Waals surface area contributed by atoms with E-state index < -0.39 is 0 Å². The van der Waals surface area contributed by atoms with E-state index in [0.29, 0.717) is 40.4 Å². The lowest BCUT2D eigenvalue weighted by Gasteiger charge is -2.23. The van der Waals surface area contributed by atoms with Gasteiger partial charge in [0.1, 0.15) is 12.4 Å². The number of fused-ring (bicyclic) bond motifs is 1. The monoisotopic (exact) mass is 701 g/mol.